The molecule has 0 aromatic carbocycles. The highest BCUT2D eigenvalue weighted by atomic mass is 16.4. The van der Waals surface area contributed by atoms with Crippen molar-refractivity contribution in [3.05, 3.63) is 12.0 Å². The van der Waals surface area contributed by atoms with Gasteiger partial charge in [0.2, 0.25) is 0 Å². The van der Waals surface area contributed by atoms with Crippen LogP contribution in [0, 0.1) is 0 Å². The Morgan fingerprint density at radius 1 is 1.28 bits per heavy atom. The van der Waals surface area contributed by atoms with E-state index in [1.165, 1.54) is 0 Å². The summed E-state index contributed by atoms with van der Waals surface area (Å²) >= 11 is 0. The molecule has 5 heteroatoms. The maximum absolute atomic E-state index is 5.53. The van der Waals surface area contributed by atoms with Crippen LogP contribution >= 0.6 is 0 Å². The molecule has 1 heterocycles. The van der Waals surface area contributed by atoms with Gasteiger partial charge in [0.25, 0.3) is 6.01 Å². The molecule has 0 spiro atoms. The lowest BCUT2D eigenvalue weighted by molar-refractivity contribution is 0.397. The lowest BCUT2D eigenvalue weighted by atomic mass is 10.3. The molecule has 104 valence electrons. The van der Waals surface area contributed by atoms with Crippen molar-refractivity contribution in [3.63, 3.8) is 0 Å². The Morgan fingerprint density at radius 2 is 2.06 bits per heavy atom. The first-order chi connectivity index (χ1) is 8.67. The van der Waals surface area contributed by atoms with Crippen molar-refractivity contribution in [3.8, 4) is 0 Å². The van der Waals surface area contributed by atoms with Crippen LogP contribution in [0.4, 0.5) is 6.01 Å². The van der Waals surface area contributed by atoms with Crippen LogP contribution in [0.15, 0.2) is 10.7 Å². The van der Waals surface area contributed by atoms with Crippen LogP contribution in [0.3, 0.4) is 0 Å². The Labute approximate surface area is 110 Å². The first-order valence-corrected chi connectivity index (χ1v) is 6.72. The van der Waals surface area contributed by atoms with Crippen molar-refractivity contribution in [2.75, 3.05) is 45.2 Å². The largest absolute Gasteiger partial charge is 0.432 e. The first-order valence-electron chi connectivity index (χ1n) is 6.72. The van der Waals surface area contributed by atoms with E-state index in [0.717, 1.165) is 50.9 Å². The average molecular weight is 254 g/mol. The Balaban J connectivity index is 2.45. The van der Waals surface area contributed by atoms with E-state index in [4.69, 9.17) is 4.42 Å². The summed E-state index contributed by atoms with van der Waals surface area (Å²) in [7, 11) is 4.19. The number of aromatic nitrogens is 1. The number of oxazole rings is 1. The van der Waals surface area contributed by atoms with Crippen LogP contribution in [0.5, 0.6) is 0 Å². The molecule has 0 aliphatic heterocycles. The van der Waals surface area contributed by atoms with Crippen molar-refractivity contribution in [2.45, 2.75) is 26.8 Å². The maximum Gasteiger partial charge on any atom is 0.297 e. The fourth-order valence-electron chi connectivity index (χ4n) is 1.74. The van der Waals surface area contributed by atoms with Gasteiger partial charge in [0.15, 0.2) is 0 Å². The van der Waals surface area contributed by atoms with Gasteiger partial charge in [-0.25, -0.2) is 0 Å². The second-order valence-corrected chi connectivity index (χ2v) is 4.64. The van der Waals surface area contributed by atoms with Crippen molar-refractivity contribution in [1.82, 2.24) is 15.2 Å². The predicted molar refractivity (Wildman–Crippen MR) is 74.9 cm³/mol. The first kappa shape index (κ1) is 15.0. The van der Waals surface area contributed by atoms with Crippen LogP contribution in [-0.4, -0.2) is 50.2 Å². The van der Waals surface area contributed by atoms with E-state index in [9.17, 15) is 0 Å². The Kier molecular flexibility index (Phi) is 6.75. The molecule has 0 atom stereocenters. The molecule has 1 aromatic heterocycles. The van der Waals surface area contributed by atoms with Gasteiger partial charge in [-0.15, -0.1) is 0 Å². The van der Waals surface area contributed by atoms with Gasteiger partial charge in [-0.2, -0.15) is 4.98 Å². The molecule has 0 fully saturated rings. The molecular formula is C13H26N4O. The number of nitrogens with zero attached hydrogens (tertiary/aromatic N) is 3. The second-order valence-electron chi connectivity index (χ2n) is 4.64. The smallest absolute Gasteiger partial charge is 0.297 e. The number of hydrogen-bond donors (Lipinski definition) is 1. The van der Waals surface area contributed by atoms with Gasteiger partial charge in [-0.05, 0) is 40.5 Å². The molecule has 0 unspecified atom stereocenters. The minimum Gasteiger partial charge on any atom is -0.432 e. The van der Waals surface area contributed by atoms with E-state index in [0.29, 0.717) is 0 Å². The Hall–Kier alpha value is -1.07. The summed E-state index contributed by atoms with van der Waals surface area (Å²) < 4.78 is 5.53. The minimum atomic E-state index is 0.740. The van der Waals surface area contributed by atoms with E-state index >= 15 is 0 Å². The standard InChI is InChI=1S/C13H26N4O/c1-5-14-10-12-11-18-13(15-12)17(6-2)9-7-8-16(3)4/h11,14H,5-10H2,1-4H3. The third-order valence-electron chi connectivity index (χ3n) is 2.78. The summed E-state index contributed by atoms with van der Waals surface area (Å²) in [6, 6.07) is 0.740. The number of rotatable bonds is 9. The van der Waals surface area contributed by atoms with Gasteiger partial charge in [0, 0.05) is 19.6 Å². The monoisotopic (exact) mass is 254 g/mol. The number of nitrogens with one attached hydrogen (secondary N) is 1. The molecule has 1 aromatic rings. The van der Waals surface area contributed by atoms with Gasteiger partial charge in [-0.3, -0.25) is 0 Å². The molecule has 0 amide bonds. The van der Waals surface area contributed by atoms with Crippen LogP contribution in [0.25, 0.3) is 0 Å². The molecule has 0 bridgehead atoms. The molecule has 0 saturated heterocycles. The van der Waals surface area contributed by atoms with Crippen LogP contribution in [0.2, 0.25) is 0 Å². The van der Waals surface area contributed by atoms with Crippen molar-refractivity contribution in [1.29, 1.82) is 0 Å². The molecular weight excluding hydrogens is 228 g/mol. The summed E-state index contributed by atoms with van der Waals surface area (Å²) in [5.74, 6) is 0. The zero-order chi connectivity index (χ0) is 13.4. The summed E-state index contributed by atoms with van der Waals surface area (Å²) in [6.07, 6.45) is 2.86. The van der Waals surface area contributed by atoms with Gasteiger partial charge in [0.05, 0.1) is 5.69 Å². The third-order valence-corrected chi connectivity index (χ3v) is 2.78. The Morgan fingerprint density at radius 3 is 2.67 bits per heavy atom. The molecule has 18 heavy (non-hydrogen) atoms. The lowest BCUT2D eigenvalue weighted by Crippen LogP contribution is -2.27. The molecule has 1 N–H and O–H groups in total. The Bertz CT molecular complexity index is 325. The predicted octanol–water partition coefficient (Wildman–Crippen LogP) is 1.56. The molecule has 0 aliphatic rings. The summed E-state index contributed by atoms with van der Waals surface area (Å²) in [5.41, 5.74) is 0.970. The molecule has 0 saturated carbocycles. The van der Waals surface area contributed by atoms with Gasteiger partial charge >= 0.3 is 0 Å². The summed E-state index contributed by atoms with van der Waals surface area (Å²) in [6.45, 7) is 8.92. The highest BCUT2D eigenvalue weighted by Gasteiger charge is 2.11. The molecule has 0 radical (unpaired) electrons. The lowest BCUT2D eigenvalue weighted by Gasteiger charge is -2.19. The maximum atomic E-state index is 5.53. The fourth-order valence-corrected chi connectivity index (χ4v) is 1.74. The van der Waals surface area contributed by atoms with Gasteiger partial charge in [-0.1, -0.05) is 6.92 Å². The van der Waals surface area contributed by atoms with E-state index in [-0.39, 0.29) is 0 Å². The van der Waals surface area contributed by atoms with Crippen molar-refractivity contribution in [2.24, 2.45) is 0 Å². The highest BCUT2D eigenvalue weighted by molar-refractivity contribution is 5.26. The van der Waals surface area contributed by atoms with E-state index in [2.05, 4.69) is 48.0 Å². The van der Waals surface area contributed by atoms with Crippen molar-refractivity contribution < 1.29 is 4.42 Å². The normalized spacial score (nSPS) is 11.2. The molecule has 5 nitrogen and oxygen atoms in total. The fraction of sp³-hybridized carbons (Fsp3) is 0.769. The van der Waals surface area contributed by atoms with E-state index < -0.39 is 0 Å². The topological polar surface area (TPSA) is 44.5 Å². The van der Waals surface area contributed by atoms with Crippen LogP contribution < -0.4 is 10.2 Å². The van der Waals surface area contributed by atoms with Crippen LogP contribution in [0.1, 0.15) is 26.0 Å². The van der Waals surface area contributed by atoms with E-state index in [1.54, 1.807) is 6.26 Å². The van der Waals surface area contributed by atoms with E-state index in [1.807, 2.05) is 0 Å². The summed E-state index contributed by atoms with van der Waals surface area (Å²) in [5, 5.41) is 3.25. The summed E-state index contributed by atoms with van der Waals surface area (Å²) in [4.78, 5) is 8.87. The van der Waals surface area contributed by atoms with Gasteiger partial charge in [0.1, 0.15) is 6.26 Å². The zero-order valence-electron chi connectivity index (χ0n) is 12.1. The van der Waals surface area contributed by atoms with Crippen LogP contribution in [-0.2, 0) is 6.54 Å². The molecule has 1 rings (SSSR count). The zero-order valence-corrected chi connectivity index (χ0v) is 12.1. The van der Waals surface area contributed by atoms with Crippen molar-refractivity contribution >= 4 is 6.01 Å². The highest BCUT2D eigenvalue weighted by Crippen LogP contribution is 2.13. The average Bonchev–Trinajstić information content (AvgIpc) is 2.80. The van der Waals surface area contributed by atoms with Gasteiger partial charge < -0.3 is 19.5 Å². The molecule has 0 aliphatic carbocycles. The minimum absolute atomic E-state index is 0.740. The third kappa shape index (κ3) is 5.06. The number of hydrogen-bond acceptors (Lipinski definition) is 5. The quantitative estimate of drug-likeness (QED) is 0.724. The SMILES string of the molecule is CCNCc1coc(N(CC)CCCN(C)C)n1. The number of anilines is 1. The second kappa shape index (κ2) is 8.11.